The standard InChI is InChI=1S/C13H22N4O3/c1-12(2,3)9-7-10(15-20-9)17-11(19)16(4)8-13(17,14)5-6-18/h7,18H,5-6,8,14H2,1-4H3. The van der Waals surface area contributed by atoms with Crippen LogP contribution in [0.2, 0.25) is 0 Å². The lowest BCUT2D eigenvalue weighted by atomic mass is 9.93. The van der Waals surface area contributed by atoms with Crippen LogP contribution >= 0.6 is 0 Å². The van der Waals surface area contributed by atoms with Crippen molar-refractivity contribution in [2.45, 2.75) is 38.3 Å². The maximum Gasteiger partial charge on any atom is 0.327 e. The number of nitrogens with two attached hydrogens (primary N) is 1. The smallest absolute Gasteiger partial charge is 0.327 e. The Morgan fingerprint density at radius 1 is 1.55 bits per heavy atom. The van der Waals surface area contributed by atoms with Crippen LogP contribution in [0, 0.1) is 0 Å². The number of anilines is 1. The third-order valence-electron chi connectivity index (χ3n) is 3.48. The second kappa shape index (κ2) is 4.75. The van der Waals surface area contributed by atoms with Crippen molar-refractivity contribution < 1.29 is 14.4 Å². The molecule has 2 heterocycles. The van der Waals surface area contributed by atoms with Crippen molar-refractivity contribution in [3.05, 3.63) is 11.8 Å². The molecule has 1 saturated heterocycles. The average molecular weight is 282 g/mol. The van der Waals surface area contributed by atoms with Crippen molar-refractivity contribution in [1.29, 1.82) is 0 Å². The highest BCUT2D eigenvalue weighted by Crippen LogP contribution is 2.33. The second-order valence-corrected chi connectivity index (χ2v) is 6.35. The Labute approximate surface area is 118 Å². The van der Waals surface area contributed by atoms with Crippen molar-refractivity contribution in [2.24, 2.45) is 5.73 Å². The highest BCUT2D eigenvalue weighted by molar-refractivity contribution is 5.95. The van der Waals surface area contributed by atoms with Crippen LogP contribution in [0.4, 0.5) is 10.6 Å². The largest absolute Gasteiger partial charge is 0.396 e. The normalized spacial score (nSPS) is 23.8. The molecule has 112 valence electrons. The summed E-state index contributed by atoms with van der Waals surface area (Å²) in [4.78, 5) is 15.2. The first kappa shape index (κ1) is 14.8. The van der Waals surface area contributed by atoms with E-state index >= 15 is 0 Å². The molecule has 7 nitrogen and oxygen atoms in total. The molecule has 20 heavy (non-hydrogen) atoms. The third-order valence-corrected chi connectivity index (χ3v) is 3.48. The van der Waals surface area contributed by atoms with Crippen LogP contribution in [0.1, 0.15) is 33.0 Å². The van der Waals surface area contributed by atoms with Gasteiger partial charge in [-0.05, 0) is 0 Å². The number of urea groups is 1. The Balaban J connectivity index is 2.38. The summed E-state index contributed by atoms with van der Waals surface area (Å²) in [6, 6.07) is 1.49. The summed E-state index contributed by atoms with van der Waals surface area (Å²) in [5.74, 6) is 1.07. The lowest BCUT2D eigenvalue weighted by molar-refractivity contribution is 0.228. The molecule has 7 heteroatoms. The van der Waals surface area contributed by atoms with Gasteiger partial charge in [-0.25, -0.2) is 4.79 Å². The maximum atomic E-state index is 12.3. The predicted molar refractivity (Wildman–Crippen MR) is 74.3 cm³/mol. The molecule has 0 saturated carbocycles. The van der Waals surface area contributed by atoms with E-state index in [0.29, 0.717) is 18.1 Å². The van der Waals surface area contributed by atoms with Crippen LogP contribution < -0.4 is 10.6 Å². The summed E-state index contributed by atoms with van der Waals surface area (Å²) in [5, 5.41) is 13.2. The number of aliphatic hydroxyl groups is 1. The van der Waals surface area contributed by atoms with Gasteiger partial charge in [-0.3, -0.25) is 4.90 Å². The number of carbonyl (C=O) groups excluding carboxylic acids is 1. The molecule has 1 fully saturated rings. The fourth-order valence-electron chi connectivity index (χ4n) is 2.35. The Bertz CT molecular complexity index is 508. The van der Waals surface area contributed by atoms with E-state index < -0.39 is 5.66 Å². The first-order chi connectivity index (χ1) is 9.19. The lowest BCUT2D eigenvalue weighted by Gasteiger charge is -2.30. The van der Waals surface area contributed by atoms with E-state index in [4.69, 9.17) is 10.3 Å². The number of carbonyl (C=O) groups is 1. The molecule has 3 N–H and O–H groups in total. The third kappa shape index (κ3) is 2.38. The van der Waals surface area contributed by atoms with Gasteiger partial charge >= 0.3 is 6.03 Å². The van der Waals surface area contributed by atoms with Gasteiger partial charge < -0.3 is 20.3 Å². The van der Waals surface area contributed by atoms with Gasteiger partial charge in [0.05, 0.1) is 6.54 Å². The maximum absolute atomic E-state index is 12.3. The summed E-state index contributed by atoms with van der Waals surface area (Å²) < 4.78 is 5.32. The number of aromatic nitrogens is 1. The molecule has 1 aromatic rings. The molecule has 0 spiro atoms. The zero-order chi connectivity index (χ0) is 15.1. The van der Waals surface area contributed by atoms with E-state index in [1.807, 2.05) is 20.8 Å². The number of aliphatic hydroxyl groups excluding tert-OH is 1. The molecule has 0 radical (unpaired) electrons. The molecule has 0 aliphatic carbocycles. The van der Waals surface area contributed by atoms with Crippen LogP contribution in [-0.4, -0.2) is 47.1 Å². The number of amides is 2. The van der Waals surface area contributed by atoms with Gasteiger partial charge in [0.1, 0.15) is 11.4 Å². The topological polar surface area (TPSA) is 95.8 Å². The second-order valence-electron chi connectivity index (χ2n) is 6.35. The quantitative estimate of drug-likeness (QED) is 0.858. The molecule has 1 aliphatic rings. The summed E-state index contributed by atoms with van der Waals surface area (Å²) >= 11 is 0. The van der Waals surface area contributed by atoms with Crippen molar-refractivity contribution in [3.63, 3.8) is 0 Å². The summed E-state index contributed by atoms with van der Waals surface area (Å²) in [5.41, 5.74) is 5.10. The number of likely N-dealkylation sites (N-methyl/N-ethyl adjacent to an activating group) is 1. The molecule has 1 unspecified atom stereocenters. The zero-order valence-corrected chi connectivity index (χ0v) is 12.4. The van der Waals surface area contributed by atoms with Crippen molar-refractivity contribution in [2.75, 3.05) is 25.1 Å². The van der Waals surface area contributed by atoms with E-state index in [0.717, 1.165) is 0 Å². The van der Waals surface area contributed by atoms with Gasteiger partial charge in [-0.15, -0.1) is 0 Å². The Morgan fingerprint density at radius 2 is 2.20 bits per heavy atom. The minimum Gasteiger partial charge on any atom is -0.396 e. The van der Waals surface area contributed by atoms with Gasteiger partial charge in [0.15, 0.2) is 5.82 Å². The van der Waals surface area contributed by atoms with E-state index in [2.05, 4.69) is 5.16 Å². The molecule has 2 amide bonds. The number of hydrogen-bond acceptors (Lipinski definition) is 5. The van der Waals surface area contributed by atoms with E-state index in [9.17, 15) is 9.90 Å². The fourth-order valence-corrected chi connectivity index (χ4v) is 2.35. The minimum atomic E-state index is -0.966. The number of hydrogen-bond donors (Lipinski definition) is 2. The highest BCUT2D eigenvalue weighted by Gasteiger charge is 2.47. The molecule has 1 atom stereocenters. The van der Waals surface area contributed by atoms with Gasteiger partial charge in [0.2, 0.25) is 0 Å². The van der Waals surface area contributed by atoms with Crippen LogP contribution in [0.25, 0.3) is 0 Å². The van der Waals surface area contributed by atoms with Crippen LogP contribution in [-0.2, 0) is 5.41 Å². The highest BCUT2D eigenvalue weighted by atomic mass is 16.5. The van der Waals surface area contributed by atoms with Crippen molar-refractivity contribution in [1.82, 2.24) is 10.1 Å². The molecular weight excluding hydrogens is 260 g/mol. The SMILES string of the molecule is CN1CC(N)(CCO)N(c2cc(C(C)(C)C)on2)C1=O. The van der Waals surface area contributed by atoms with Gasteiger partial charge in [-0.2, -0.15) is 0 Å². The number of nitrogens with zero attached hydrogens (tertiary/aromatic N) is 3. The first-order valence-electron chi connectivity index (χ1n) is 6.61. The van der Waals surface area contributed by atoms with E-state index in [1.54, 1.807) is 13.1 Å². The Morgan fingerprint density at radius 3 is 2.70 bits per heavy atom. The van der Waals surface area contributed by atoms with E-state index in [1.165, 1.54) is 9.80 Å². The lowest BCUT2D eigenvalue weighted by Crippen LogP contribution is -2.56. The van der Waals surface area contributed by atoms with Crippen molar-refractivity contribution in [3.8, 4) is 0 Å². The average Bonchev–Trinajstić information content (AvgIpc) is 2.84. The first-order valence-corrected chi connectivity index (χ1v) is 6.61. The Kier molecular flexibility index (Phi) is 3.51. The molecule has 0 aromatic carbocycles. The van der Waals surface area contributed by atoms with Crippen molar-refractivity contribution >= 4 is 11.8 Å². The minimum absolute atomic E-state index is 0.0991. The molecule has 2 rings (SSSR count). The Hall–Kier alpha value is -1.60. The summed E-state index contributed by atoms with van der Waals surface area (Å²) in [6.45, 7) is 6.23. The van der Waals surface area contributed by atoms with Crippen LogP contribution in [0.3, 0.4) is 0 Å². The molecule has 0 bridgehead atoms. The van der Waals surface area contributed by atoms with E-state index in [-0.39, 0.29) is 24.5 Å². The zero-order valence-electron chi connectivity index (χ0n) is 12.4. The van der Waals surface area contributed by atoms with Crippen LogP contribution in [0.5, 0.6) is 0 Å². The van der Waals surface area contributed by atoms with Gasteiger partial charge in [0.25, 0.3) is 0 Å². The van der Waals surface area contributed by atoms with Crippen LogP contribution in [0.15, 0.2) is 10.6 Å². The molecule has 1 aromatic heterocycles. The molecule has 1 aliphatic heterocycles. The summed E-state index contributed by atoms with van der Waals surface area (Å²) in [6.07, 6.45) is 0.279. The molecular formula is C13H22N4O3. The fraction of sp³-hybridized carbons (Fsp3) is 0.692. The monoisotopic (exact) mass is 282 g/mol. The number of rotatable bonds is 3. The van der Waals surface area contributed by atoms with Gasteiger partial charge in [0, 0.05) is 31.6 Å². The van der Waals surface area contributed by atoms with Gasteiger partial charge in [-0.1, -0.05) is 25.9 Å². The predicted octanol–water partition coefficient (Wildman–Crippen LogP) is 0.881. The summed E-state index contributed by atoms with van der Waals surface area (Å²) in [7, 11) is 1.67.